The van der Waals surface area contributed by atoms with E-state index in [9.17, 15) is 4.79 Å². The van der Waals surface area contributed by atoms with E-state index in [0.717, 1.165) is 25.9 Å². The zero-order valence-corrected chi connectivity index (χ0v) is 14.9. The molecule has 2 fully saturated rings. The highest BCUT2D eigenvalue weighted by Crippen LogP contribution is 2.27. The van der Waals surface area contributed by atoms with E-state index < -0.39 is 0 Å². The number of nitrogens with one attached hydrogen (secondary N) is 2. The quantitative estimate of drug-likeness (QED) is 0.864. The first kappa shape index (κ1) is 17.3. The van der Waals surface area contributed by atoms with Gasteiger partial charge in [0.2, 0.25) is 0 Å². The Hall–Kier alpha value is -1.55. The van der Waals surface area contributed by atoms with Crippen molar-refractivity contribution in [2.24, 2.45) is 0 Å². The molecule has 1 heterocycles. The van der Waals surface area contributed by atoms with Crippen LogP contribution in [0.2, 0.25) is 0 Å². The van der Waals surface area contributed by atoms with Crippen LogP contribution in [-0.4, -0.2) is 36.6 Å². The third-order valence-electron chi connectivity index (χ3n) is 5.53. The molecule has 2 aliphatic rings. The summed E-state index contributed by atoms with van der Waals surface area (Å²) in [5.41, 5.74) is 2.65. The molecule has 2 amide bonds. The van der Waals surface area contributed by atoms with Gasteiger partial charge in [0.15, 0.2) is 0 Å². The first-order valence-corrected chi connectivity index (χ1v) is 9.58. The normalized spacial score (nSPS) is 20.7. The maximum atomic E-state index is 12.3. The first-order chi connectivity index (χ1) is 11.7. The van der Waals surface area contributed by atoms with Crippen molar-refractivity contribution in [3.63, 3.8) is 0 Å². The number of likely N-dealkylation sites (tertiary alicyclic amines) is 1. The van der Waals surface area contributed by atoms with Crippen molar-refractivity contribution in [2.45, 2.75) is 64.0 Å². The Morgan fingerprint density at radius 3 is 2.54 bits per heavy atom. The second-order valence-electron chi connectivity index (χ2n) is 7.30. The first-order valence-electron chi connectivity index (χ1n) is 9.58. The lowest BCUT2D eigenvalue weighted by Gasteiger charge is -2.30. The smallest absolute Gasteiger partial charge is 0.315 e. The largest absolute Gasteiger partial charge is 0.336 e. The molecule has 0 radical (unpaired) electrons. The molecule has 3 rings (SSSR count). The van der Waals surface area contributed by atoms with Gasteiger partial charge in [-0.05, 0) is 56.8 Å². The van der Waals surface area contributed by atoms with Gasteiger partial charge in [-0.25, -0.2) is 4.79 Å². The summed E-state index contributed by atoms with van der Waals surface area (Å²) in [5, 5.41) is 6.30. The van der Waals surface area contributed by atoms with E-state index in [4.69, 9.17) is 0 Å². The van der Waals surface area contributed by atoms with Gasteiger partial charge in [0.05, 0.1) is 6.04 Å². The number of carbonyl (C=O) groups is 1. The Labute approximate surface area is 146 Å². The predicted octanol–water partition coefficient (Wildman–Crippen LogP) is 3.76. The van der Waals surface area contributed by atoms with Gasteiger partial charge in [-0.15, -0.1) is 0 Å². The Morgan fingerprint density at radius 1 is 1.12 bits per heavy atom. The zero-order chi connectivity index (χ0) is 16.8. The number of urea groups is 1. The SMILES string of the molecule is Cc1ccccc1C(CNC(=O)NC1CCCCC1)N1CCCC1. The highest BCUT2D eigenvalue weighted by atomic mass is 16.2. The highest BCUT2D eigenvalue weighted by molar-refractivity contribution is 5.74. The molecule has 1 saturated heterocycles. The Kier molecular flexibility index (Phi) is 6.13. The van der Waals surface area contributed by atoms with Crippen LogP contribution in [0.15, 0.2) is 24.3 Å². The topological polar surface area (TPSA) is 44.4 Å². The molecule has 1 aliphatic heterocycles. The summed E-state index contributed by atoms with van der Waals surface area (Å²) in [6, 6.07) is 9.21. The van der Waals surface area contributed by atoms with Crippen LogP contribution in [-0.2, 0) is 0 Å². The molecule has 0 bridgehead atoms. The lowest BCUT2D eigenvalue weighted by molar-refractivity contribution is 0.215. The minimum absolute atomic E-state index is 0.000295. The Bertz CT molecular complexity index is 533. The molecule has 1 atom stereocenters. The predicted molar refractivity (Wildman–Crippen MR) is 98.1 cm³/mol. The van der Waals surface area contributed by atoms with Gasteiger partial charge in [-0.1, -0.05) is 43.5 Å². The number of hydrogen-bond acceptors (Lipinski definition) is 2. The molecule has 1 aromatic rings. The molecular weight excluding hydrogens is 298 g/mol. The zero-order valence-electron chi connectivity index (χ0n) is 14.9. The summed E-state index contributed by atoms with van der Waals surface area (Å²) in [7, 11) is 0. The second-order valence-corrected chi connectivity index (χ2v) is 7.30. The van der Waals surface area contributed by atoms with E-state index in [2.05, 4.69) is 46.7 Å². The summed E-state index contributed by atoms with van der Waals surface area (Å²) in [6.45, 7) is 5.11. The summed E-state index contributed by atoms with van der Waals surface area (Å²) < 4.78 is 0. The van der Waals surface area contributed by atoms with Crippen molar-refractivity contribution in [3.05, 3.63) is 35.4 Å². The van der Waals surface area contributed by atoms with Crippen LogP contribution in [0, 0.1) is 6.92 Å². The number of hydrogen-bond donors (Lipinski definition) is 2. The van der Waals surface area contributed by atoms with E-state index in [1.165, 1.54) is 43.2 Å². The number of benzene rings is 1. The maximum Gasteiger partial charge on any atom is 0.315 e. The van der Waals surface area contributed by atoms with Crippen molar-refractivity contribution in [1.29, 1.82) is 0 Å². The molecule has 1 aliphatic carbocycles. The average molecular weight is 329 g/mol. The van der Waals surface area contributed by atoms with Crippen LogP contribution in [0.5, 0.6) is 0 Å². The summed E-state index contributed by atoms with van der Waals surface area (Å²) in [5.74, 6) is 0. The molecule has 2 N–H and O–H groups in total. The fourth-order valence-corrected chi connectivity index (χ4v) is 4.12. The fraction of sp³-hybridized carbons (Fsp3) is 0.650. The maximum absolute atomic E-state index is 12.3. The van der Waals surface area contributed by atoms with Crippen LogP contribution in [0.3, 0.4) is 0 Å². The third kappa shape index (κ3) is 4.50. The van der Waals surface area contributed by atoms with Crippen LogP contribution < -0.4 is 10.6 Å². The lowest BCUT2D eigenvalue weighted by atomic mass is 9.96. The van der Waals surface area contributed by atoms with Gasteiger partial charge >= 0.3 is 6.03 Å². The van der Waals surface area contributed by atoms with Gasteiger partial charge in [0, 0.05) is 12.6 Å². The van der Waals surface area contributed by atoms with Crippen LogP contribution in [0.4, 0.5) is 4.79 Å². The fourth-order valence-electron chi connectivity index (χ4n) is 4.12. The molecule has 0 aromatic heterocycles. The monoisotopic (exact) mass is 329 g/mol. The summed E-state index contributed by atoms with van der Waals surface area (Å²) in [4.78, 5) is 14.8. The number of rotatable bonds is 5. The second kappa shape index (κ2) is 8.52. The number of nitrogens with zero attached hydrogens (tertiary/aromatic N) is 1. The third-order valence-corrected chi connectivity index (χ3v) is 5.53. The van der Waals surface area contributed by atoms with Gasteiger partial charge < -0.3 is 10.6 Å². The summed E-state index contributed by atoms with van der Waals surface area (Å²) in [6.07, 6.45) is 8.56. The molecule has 4 heteroatoms. The lowest BCUT2D eigenvalue weighted by Crippen LogP contribution is -2.45. The van der Waals surface area contributed by atoms with Gasteiger partial charge in [0.25, 0.3) is 0 Å². The van der Waals surface area contributed by atoms with E-state index >= 15 is 0 Å². The van der Waals surface area contributed by atoms with E-state index in [1.807, 2.05) is 0 Å². The molecule has 1 saturated carbocycles. The van der Waals surface area contributed by atoms with Crippen LogP contribution in [0.1, 0.15) is 62.1 Å². The van der Waals surface area contributed by atoms with E-state index in [-0.39, 0.29) is 12.1 Å². The minimum Gasteiger partial charge on any atom is -0.336 e. The van der Waals surface area contributed by atoms with Crippen molar-refractivity contribution in [2.75, 3.05) is 19.6 Å². The van der Waals surface area contributed by atoms with Crippen molar-refractivity contribution in [1.82, 2.24) is 15.5 Å². The van der Waals surface area contributed by atoms with Crippen molar-refractivity contribution >= 4 is 6.03 Å². The highest BCUT2D eigenvalue weighted by Gasteiger charge is 2.25. The molecule has 1 unspecified atom stereocenters. The van der Waals surface area contributed by atoms with Gasteiger partial charge in [0.1, 0.15) is 0 Å². The van der Waals surface area contributed by atoms with E-state index in [1.54, 1.807) is 0 Å². The molecule has 0 spiro atoms. The van der Waals surface area contributed by atoms with Gasteiger partial charge in [-0.2, -0.15) is 0 Å². The number of amides is 2. The Balaban J connectivity index is 1.59. The molecule has 4 nitrogen and oxygen atoms in total. The molecule has 132 valence electrons. The van der Waals surface area contributed by atoms with Gasteiger partial charge in [-0.3, -0.25) is 4.90 Å². The molecule has 1 aromatic carbocycles. The van der Waals surface area contributed by atoms with Crippen LogP contribution >= 0.6 is 0 Å². The average Bonchev–Trinajstić information content (AvgIpc) is 3.12. The van der Waals surface area contributed by atoms with Crippen molar-refractivity contribution < 1.29 is 4.79 Å². The molecule has 24 heavy (non-hydrogen) atoms. The number of aryl methyl sites for hydroxylation is 1. The van der Waals surface area contributed by atoms with E-state index in [0.29, 0.717) is 12.6 Å². The van der Waals surface area contributed by atoms with Crippen LogP contribution in [0.25, 0.3) is 0 Å². The number of carbonyl (C=O) groups excluding carboxylic acids is 1. The van der Waals surface area contributed by atoms with Crippen molar-refractivity contribution in [3.8, 4) is 0 Å². The minimum atomic E-state index is -0.000295. The Morgan fingerprint density at radius 2 is 1.83 bits per heavy atom. The standard InChI is InChI=1S/C20H31N3O/c1-16-9-5-6-12-18(16)19(23-13-7-8-14-23)15-21-20(24)22-17-10-3-2-4-11-17/h5-6,9,12,17,19H,2-4,7-8,10-11,13-15H2,1H3,(H2,21,22,24). The summed E-state index contributed by atoms with van der Waals surface area (Å²) >= 11 is 0. The molecular formula is C20H31N3O.